The summed E-state index contributed by atoms with van der Waals surface area (Å²) in [5.41, 5.74) is 1.04. The van der Waals surface area contributed by atoms with Gasteiger partial charge in [-0.25, -0.2) is 0 Å². The van der Waals surface area contributed by atoms with E-state index in [0.717, 1.165) is 24.0 Å². The minimum absolute atomic E-state index is 0.00477. The van der Waals surface area contributed by atoms with Gasteiger partial charge in [0.1, 0.15) is 18.6 Å². The zero-order valence-electron chi connectivity index (χ0n) is 7.81. The SMILES string of the molecule is O=CCOC1CCOc2ccccc21. The summed E-state index contributed by atoms with van der Waals surface area (Å²) >= 11 is 0. The minimum atomic E-state index is 0.00477. The highest BCUT2D eigenvalue weighted by Crippen LogP contribution is 2.33. The summed E-state index contributed by atoms with van der Waals surface area (Å²) in [6.45, 7) is 0.805. The van der Waals surface area contributed by atoms with Crippen LogP contribution in [0, 0.1) is 0 Å². The Labute approximate surface area is 82.6 Å². The zero-order chi connectivity index (χ0) is 9.80. The fourth-order valence-corrected chi connectivity index (χ4v) is 1.64. The largest absolute Gasteiger partial charge is 0.493 e. The Morgan fingerprint density at radius 3 is 3.21 bits per heavy atom. The Bertz CT molecular complexity index is 322. The Kier molecular flexibility index (Phi) is 2.79. The van der Waals surface area contributed by atoms with E-state index in [1.165, 1.54) is 0 Å². The third-order valence-electron chi connectivity index (χ3n) is 2.27. The number of ether oxygens (including phenoxy) is 2. The molecule has 0 saturated carbocycles. The molecule has 3 heteroatoms. The summed E-state index contributed by atoms with van der Waals surface area (Å²) in [5.74, 6) is 0.870. The quantitative estimate of drug-likeness (QED) is 0.684. The lowest BCUT2D eigenvalue weighted by Crippen LogP contribution is -2.17. The summed E-state index contributed by atoms with van der Waals surface area (Å²) in [7, 11) is 0. The van der Waals surface area contributed by atoms with Gasteiger partial charge in [-0.3, -0.25) is 0 Å². The lowest BCUT2D eigenvalue weighted by molar-refractivity contribution is -0.114. The molecular weight excluding hydrogens is 180 g/mol. The van der Waals surface area contributed by atoms with Gasteiger partial charge in [0.25, 0.3) is 0 Å². The van der Waals surface area contributed by atoms with Gasteiger partial charge in [0, 0.05) is 12.0 Å². The van der Waals surface area contributed by atoms with Crippen LogP contribution in [0.25, 0.3) is 0 Å². The van der Waals surface area contributed by atoms with Crippen LogP contribution >= 0.6 is 0 Å². The molecule has 0 radical (unpaired) electrons. The number of benzene rings is 1. The molecule has 0 amide bonds. The van der Waals surface area contributed by atoms with Crippen molar-refractivity contribution in [3.63, 3.8) is 0 Å². The predicted octanol–water partition coefficient (Wildman–Crippen LogP) is 1.73. The third-order valence-corrected chi connectivity index (χ3v) is 2.27. The van der Waals surface area contributed by atoms with E-state index in [4.69, 9.17) is 9.47 Å². The standard InChI is InChI=1S/C11H12O3/c12-6-8-14-11-5-7-13-10-4-2-1-3-9(10)11/h1-4,6,11H,5,7-8H2. The molecule has 0 aliphatic carbocycles. The Morgan fingerprint density at radius 2 is 2.36 bits per heavy atom. The Morgan fingerprint density at radius 1 is 1.50 bits per heavy atom. The molecule has 1 atom stereocenters. The van der Waals surface area contributed by atoms with Crippen molar-refractivity contribution in [1.82, 2.24) is 0 Å². The number of rotatable bonds is 3. The van der Waals surface area contributed by atoms with Crippen molar-refractivity contribution in [2.45, 2.75) is 12.5 Å². The summed E-state index contributed by atoms with van der Waals surface area (Å²) in [4.78, 5) is 10.2. The smallest absolute Gasteiger partial charge is 0.145 e. The topological polar surface area (TPSA) is 35.5 Å². The van der Waals surface area contributed by atoms with Crippen LogP contribution in [0.1, 0.15) is 18.1 Å². The van der Waals surface area contributed by atoms with Crippen LogP contribution < -0.4 is 4.74 Å². The molecule has 0 spiro atoms. The van der Waals surface area contributed by atoms with Crippen LogP contribution in [-0.2, 0) is 9.53 Å². The van der Waals surface area contributed by atoms with E-state index in [-0.39, 0.29) is 12.7 Å². The van der Waals surface area contributed by atoms with Gasteiger partial charge in [-0.15, -0.1) is 0 Å². The van der Waals surface area contributed by atoms with E-state index in [1.54, 1.807) is 0 Å². The Balaban J connectivity index is 2.17. The lowest BCUT2D eigenvalue weighted by Gasteiger charge is -2.25. The van der Waals surface area contributed by atoms with Gasteiger partial charge in [-0.05, 0) is 6.07 Å². The normalized spacial score (nSPS) is 19.6. The molecule has 2 rings (SSSR count). The van der Waals surface area contributed by atoms with Crippen LogP contribution in [0.2, 0.25) is 0 Å². The molecule has 0 bridgehead atoms. The molecule has 1 aliphatic rings. The highest BCUT2D eigenvalue weighted by molar-refractivity contribution is 5.50. The molecule has 0 N–H and O–H groups in total. The average Bonchev–Trinajstić information content (AvgIpc) is 2.26. The molecule has 3 nitrogen and oxygen atoms in total. The van der Waals surface area contributed by atoms with Crippen LogP contribution in [0.4, 0.5) is 0 Å². The second kappa shape index (κ2) is 4.24. The predicted molar refractivity (Wildman–Crippen MR) is 51.3 cm³/mol. The van der Waals surface area contributed by atoms with E-state index in [1.807, 2.05) is 24.3 Å². The van der Waals surface area contributed by atoms with Gasteiger partial charge in [-0.2, -0.15) is 0 Å². The third kappa shape index (κ3) is 1.77. The number of fused-ring (bicyclic) bond motifs is 1. The van der Waals surface area contributed by atoms with E-state index in [9.17, 15) is 4.79 Å². The fourth-order valence-electron chi connectivity index (χ4n) is 1.64. The maximum absolute atomic E-state index is 10.2. The molecule has 1 aliphatic heterocycles. The number of carbonyl (C=O) groups excluding carboxylic acids is 1. The number of aldehydes is 1. The molecular formula is C11H12O3. The van der Waals surface area contributed by atoms with Crippen LogP contribution in [0.15, 0.2) is 24.3 Å². The van der Waals surface area contributed by atoms with Crippen molar-refractivity contribution in [3.05, 3.63) is 29.8 Å². The first-order chi connectivity index (χ1) is 6.92. The van der Waals surface area contributed by atoms with Crippen molar-refractivity contribution >= 4 is 6.29 Å². The zero-order valence-corrected chi connectivity index (χ0v) is 7.81. The summed E-state index contributed by atoms with van der Waals surface area (Å²) in [6, 6.07) is 7.78. The average molecular weight is 192 g/mol. The second-order valence-corrected chi connectivity index (χ2v) is 3.16. The van der Waals surface area contributed by atoms with Crippen LogP contribution in [0.3, 0.4) is 0 Å². The van der Waals surface area contributed by atoms with E-state index in [2.05, 4.69) is 0 Å². The number of hydrogen-bond donors (Lipinski definition) is 0. The molecule has 0 saturated heterocycles. The maximum atomic E-state index is 10.2. The number of para-hydroxylation sites is 1. The van der Waals surface area contributed by atoms with Crippen molar-refractivity contribution in [3.8, 4) is 5.75 Å². The molecule has 1 aromatic rings. The van der Waals surface area contributed by atoms with Gasteiger partial charge in [0.2, 0.25) is 0 Å². The van der Waals surface area contributed by atoms with Gasteiger partial charge in [0.05, 0.1) is 12.7 Å². The molecule has 0 aromatic heterocycles. The number of carbonyl (C=O) groups is 1. The summed E-state index contributed by atoms with van der Waals surface area (Å²) in [5, 5.41) is 0. The molecule has 74 valence electrons. The van der Waals surface area contributed by atoms with Gasteiger partial charge >= 0.3 is 0 Å². The molecule has 1 aromatic carbocycles. The van der Waals surface area contributed by atoms with Gasteiger partial charge in [-0.1, -0.05) is 18.2 Å². The highest BCUT2D eigenvalue weighted by Gasteiger charge is 2.20. The molecule has 1 unspecified atom stereocenters. The minimum Gasteiger partial charge on any atom is -0.493 e. The number of hydrogen-bond acceptors (Lipinski definition) is 3. The van der Waals surface area contributed by atoms with E-state index >= 15 is 0 Å². The highest BCUT2D eigenvalue weighted by atomic mass is 16.5. The Hall–Kier alpha value is -1.35. The first-order valence-electron chi connectivity index (χ1n) is 4.69. The monoisotopic (exact) mass is 192 g/mol. The summed E-state index contributed by atoms with van der Waals surface area (Å²) < 4.78 is 10.9. The first kappa shape index (κ1) is 9.21. The fraction of sp³-hybridized carbons (Fsp3) is 0.364. The van der Waals surface area contributed by atoms with Crippen molar-refractivity contribution < 1.29 is 14.3 Å². The molecule has 14 heavy (non-hydrogen) atoms. The van der Waals surface area contributed by atoms with Gasteiger partial charge in [0.15, 0.2) is 0 Å². The summed E-state index contributed by atoms with van der Waals surface area (Å²) in [6.07, 6.45) is 1.59. The molecule has 0 fully saturated rings. The first-order valence-corrected chi connectivity index (χ1v) is 4.69. The van der Waals surface area contributed by atoms with Crippen molar-refractivity contribution in [2.75, 3.05) is 13.2 Å². The van der Waals surface area contributed by atoms with Gasteiger partial charge < -0.3 is 14.3 Å². The maximum Gasteiger partial charge on any atom is 0.145 e. The second-order valence-electron chi connectivity index (χ2n) is 3.16. The molecule has 1 heterocycles. The van der Waals surface area contributed by atoms with E-state index in [0.29, 0.717) is 6.61 Å². The van der Waals surface area contributed by atoms with Crippen LogP contribution in [-0.4, -0.2) is 19.5 Å². The van der Waals surface area contributed by atoms with Crippen molar-refractivity contribution in [1.29, 1.82) is 0 Å². The van der Waals surface area contributed by atoms with Crippen LogP contribution in [0.5, 0.6) is 5.75 Å². The van der Waals surface area contributed by atoms with E-state index < -0.39 is 0 Å². The lowest BCUT2D eigenvalue weighted by atomic mass is 10.0. The van der Waals surface area contributed by atoms with Crippen molar-refractivity contribution in [2.24, 2.45) is 0 Å².